The molecule has 0 aliphatic carbocycles. The van der Waals surface area contributed by atoms with Crippen LogP contribution in [0.2, 0.25) is 0 Å². The zero-order valence-electron chi connectivity index (χ0n) is 12.3. The highest BCUT2D eigenvalue weighted by atomic mass is 32.1. The van der Waals surface area contributed by atoms with Crippen molar-refractivity contribution in [2.24, 2.45) is 5.92 Å². The van der Waals surface area contributed by atoms with Gasteiger partial charge in [-0.2, -0.15) is 11.3 Å². The van der Waals surface area contributed by atoms with E-state index >= 15 is 0 Å². The molecule has 2 saturated heterocycles. The fraction of sp³-hybridized carbons (Fsp3) is 0.667. The van der Waals surface area contributed by atoms with Gasteiger partial charge in [-0.25, -0.2) is 4.79 Å². The molecule has 116 valence electrons. The topological polar surface area (TPSA) is 44.8 Å². The Kier molecular flexibility index (Phi) is 5.11. The van der Waals surface area contributed by atoms with E-state index in [1.807, 2.05) is 4.90 Å². The van der Waals surface area contributed by atoms with Gasteiger partial charge in [-0.15, -0.1) is 0 Å². The predicted octanol–water partition coefficient (Wildman–Crippen LogP) is 1.61. The number of hydrogen-bond donors (Lipinski definition) is 1. The maximum absolute atomic E-state index is 12.1. The van der Waals surface area contributed by atoms with Gasteiger partial charge in [-0.1, -0.05) is 0 Å². The lowest BCUT2D eigenvalue weighted by Crippen LogP contribution is -2.52. The van der Waals surface area contributed by atoms with Crippen molar-refractivity contribution in [1.29, 1.82) is 0 Å². The number of carbonyl (C=O) groups excluding carboxylic acids is 1. The van der Waals surface area contributed by atoms with Crippen LogP contribution in [-0.4, -0.2) is 61.8 Å². The molecule has 1 aromatic heterocycles. The van der Waals surface area contributed by atoms with Crippen LogP contribution in [-0.2, 0) is 11.3 Å². The third kappa shape index (κ3) is 4.18. The second kappa shape index (κ2) is 7.24. The number of ether oxygens (including phenoxy) is 1. The molecule has 3 heterocycles. The Balaban J connectivity index is 1.37. The molecule has 0 bridgehead atoms. The van der Waals surface area contributed by atoms with E-state index in [-0.39, 0.29) is 6.03 Å². The molecule has 3 rings (SSSR count). The Hall–Kier alpha value is -1.11. The summed E-state index contributed by atoms with van der Waals surface area (Å²) in [5.74, 6) is 0.494. The Labute approximate surface area is 129 Å². The lowest BCUT2D eigenvalue weighted by atomic mass is 10.1. The van der Waals surface area contributed by atoms with Gasteiger partial charge in [0.15, 0.2) is 0 Å². The van der Waals surface area contributed by atoms with Crippen molar-refractivity contribution in [2.75, 3.05) is 45.9 Å². The van der Waals surface area contributed by atoms with Crippen LogP contribution in [0.4, 0.5) is 4.79 Å². The maximum atomic E-state index is 12.1. The molecule has 6 heteroatoms. The quantitative estimate of drug-likeness (QED) is 0.919. The van der Waals surface area contributed by atoms with Crippen molar-refractivity contribution >= 4 is 17.4 Å². The first kappa shape index (κ1) is 14.8. The van der Waals surface area contributed by atoms with Gasteiger partial charge in [0.25, 0.3) is 0 Å². The standard InChI is InChI=1S/C15H23N3O2S/c19-15(16-9-13-1-7-20-11-13)18-5-3-17(4-6-18)10-14-2-8-21-12-14/h2,8,12-13H,1,3-7,9-11H2,(H,16,19)/t13-/m0/s1. The van der Waals surface area contributed by atoms with E-state index in [0.29, 0.717) is 5.92 Å². The molecule has 2 aliphatic heterocycles. The Morgan fingerprint density at radius 3 is 2.90 bits per heavy atom. The van der Waals surface area contributed by atoms with Crippen LogP contribution in [0.3, 0.4) is 0 Å². The van der Waals surface area contributed by atoms with E-state index in [2.05, 4.69) is 27.0 Å². The molecular weight excluding hydrogens is 286 g/mol. The van der Waals surface area contributed by atoms with Gasteiger partial charge in [-0.3, -0.25) is 4.90 Å². The van der Waals surface area contributed by atoms with E-state index in [1.54, 1.807) is 11.3 Å². The normalized spacial score (nSPS) is 23.4. The van der Waals surface area contributed by atoms with Crippen LogP contribution in [0.25, 0.3) is 0 Å². The molecule has 5 nitrogen and oxygen atoms in total. The molecule has 1 aromatic rings. The predicted molar refractivity (Wildman–Crippen MR) is 83.5 cm³/mol. The fourth-order valence-corrected chi connectivity index (χ4v) is 3.50. The van der Waals surface area contributed by atoms with Crippen molar-refractivity contribution in [1.82, 2.24) is 15.1 Å². The second-order valence-corrected chi connectivity index (χ2v) is 6.59. The number of nitrogens with one attached hydrogen (secondary N) is 1. The lowest BCUT2D eigenvalue weighted by molar-refractivity contribution is 0.134. The van der Waals surface area contributed by atoms with Crippen molar-refractivity contribution < 1.29 is 9.53 Å². The average Bonchev–Trinajstić information content (AvgIpc) is 3.19. The maximum Gasteiger partial charge on any atom is 0.317 e. The number of nitrogens with zero attached hydrogens (tertiary/aromatic N) is 2. The SMILES string of the molecule is O=C(NC[C@@H]1CCOC1)N1CCN(Cc2ccsc2)CC1. The van der Waals surface area contributed by atoms with Crippen molar-refractivity contribution in [3.8, 4) is 0 Å². The summed E-state index contributed by atoms with van der Waals surface area (Å²) < 4.78 is 5.33. The van der Waals surface area contributed by atoms with E-state index in [9.17, 15) is 4.79 Å². The minimum Gasteiger partial charge on any atom is -0.381 e. The molecule has 1 atom stereocenters. The summed E-state index contributed by atoms with van der Waals surface area (Å²) in [7, 11) is 0. The van der Waals surface area contributed by atoms with E-state index in [4.69, 9.17) is 4.74 Å². The van der Waals surface area contributed by atoms with E-state index in [0.717, 1.165) is 58.9 Å². The van der Waals surface area contributed by atoms with E-state index in [1.165, 1.54) is 5.56 Å². The first-order valence-corrected chi connectivity index (χ1v) is 8.59. The number of piperazine rings is 1. The van der Waals surface area contributed by atoms with Gasteiger partial charge in [0.1, 0.15) is 0 Å². The molecule has 2 aliphatic rings. The second-order valence-electron chi connectivity index (χ2n) is 5.81. The lowest BCUT2D eigenvalue weighted by Gasteiger charge is -2.34. The van der Waals surface area contributed by atoms with Gasteiger partial charge in [0, 0.05) is 51.8 Å². The monoisotopic (exact) mass is 309 g/mol. The largest absolute Gasteiger partial charge is 0.381 e. The third-order valence-electron chi connectivity index (χ3n) is 4.21. The van der Waals surface area contributed by atoms with Crippen LogP contribution < -0.4 is 5.32 Å². The molecule has 0 unspecified atom stereocenters. The Morgan fingerprint density at radius 2 is 2.24 bits per heavy atom. The number of urea groups is 1. The average molecular weight is 309 g/mol. The molecule has 0 saturated carbocycles. The molecule has 0 aromatic carbocycles. The summed E-state index contributed by atoms with van der Waals surface area (Å²) >= 11 is 1.74. The summed E-state index contributed by atoms with van der Waals surface area (Å²) in [6.45, 7) is 6.91. The molecular formula is C15H23N3O2S. The fourth-order valence-electron chi connectivity index (χ4n) is 2.84. The minimum absolute atomic E-state index is 0.0806. The van der Waals surface area contributed by atoms with Gasteiger partial charge in [0.05, 0.1) is 6.61 Å². The Bertz CT molecular complexity index is 438. The molecule has 0 radical (unpaired) electrons. The highest BCUT2D eigenvalue weighted by Gasteiger charge is 2.22. The molecule has 2 amide bonds. The molecule has 21 heavy (non-hydrogen) atoms. The number of amides is 2. The first-order chi connectivity index (χ1) is 10.3. The molecule has 2 fully saturated rings. The molecule has 1 N–H and O–H groups in total. The zero-order valence-corrected chi connectivity index (χ0v) is 13.1. The van der Waals surface area contributed by atoms with Crippen LogP contribution >= 0.6 is 11.3 Å². The first-order valence-electron chi connectivity index (χ1n) is 7.65. The van der Waals surface area contributed by atoms with Crippen molar-refractivity contribution in [3.05, 3.63) is 22.4 Å². The summed E-state index contributed by atoms with van der Waals surface area (Å²) in [6, 6.07) is 2.25. The zero-order chi connectivity index (χ0) is 14.5. The van der Waals surface area contributed by atoms with Gasteiger partial charge < -0.3 is 15.0 Å². The third-order valence-corrected chi connectivity index (χ3v) is 4.94. The van der Waals surface area contributed by atoms with E-state index < -0.39 is 0 Å². The van der Waals surface area contributed by atoms with Crippen molar-refractivity contribution in [3.63, 3.8) is 0 Å². The van der Waals surface area contributed by atoms with Crippen LogP contribution in [0.15, 0.2) is 16.8 Å². The minimum atomic E-state index is 0.0806. The highest BCUT2D eigenvalue weighted by Crippen LogP contribution is 2.13. The number of thiophene rings is 1. The van der Waals surface area contributed by atoms with Crippen LogP contribution in [0, 0.1) is 5.92 Å². The summed E-state index contributed by atoms with van der Waals surface area (Å²) in [5, 5.41) is 7.36. The summed E-state index contributed by atoms with van der Waals surface area (Å²) in [5.41, 5.74) is 1.37. The van der Waals surface area contributed by atoms with Gasteiger partial charge in [-0.05, 0) is 28.8 Å². The van der Waals surface area contributed by atoms with Crippen LogP contribution in [0.1, 0.15) is 12.0 Å². The molecule has 0 spiro atoms. The number of hydrogen-bond acceptors (Lipinski definition) is 4. The summed E-state index contributed by atoms with van der Waals surface area (Å²) in [6.07, 6.45) is 1.06. The Morgan fingerprint density at radius 1 is 1.38 bits per heavy atom. The van der Waals surface area contributed by atoms with Gasteiger partial charge in [0.2, 0.25) is 0 Å². The number of carbonyl (C=O) groups is 1. The van der Waals surface area contributed by atoms with Crippen molar-refractivity contribution in [2.45, 2.75) is 13.0 Å². The number of rotatable bonds is 4. The smallest absolute Gasteiger partial charge is 0.317 e. The highest BCUT2D eigenvalue weighted by molar-refractivity contribution is 7.07. The van der Waals surface area contributed by atoms with Gasteiger partial charge >= 0.3 is 6.03 Å². The summed E-state index contributed by atoms with van der Waals surface area (Å²) in [4.78, 5) is 16.5. The van der Waals surface area contributed by atoms with Crippen LogP contribution in [0.5, 0.6) is 0 Å².